The minimum absolute atomic E-state index is 0.0752. The molecule has 0 saturated carbocycles. The summed E-state index contributed by atoms with van der Waals surface area (Å²) in [6.45, 7) is 2.49. The predicted molar refractivity (Wildman–Crippen MR) is 94.5 cm³/mol. The van der Waals surface area contributed by atoms with E-state index in [0.29, 0.717) is 16.9 Å². The minimum atomic E-state index is -0.607. The average molecular weight is 363 g/mol. The van der Waals surface area contributed by atoms with Crippen molar-refractivity contribution >= 4 is 40.6 Å². The first-order valence-electron chi connectivity index (χ1n) is 7.42. The molecule has 2 rings (SSSR count). The van der Waals surface area contributed by atoms with Gasteiger partial charge >= 0.3 is 0 Å². The highest BCUT2D eigenvalue weighted by molar-refractivity contribution is 6.31. The van der Waals surface area contributed by atoms with Crippen molar-refractivity contribution in [1.82, 2.24) is 0 Å². The SMILES string of the molecule is CC(=O)c1ccc(NC(=O)CN(C(C)=O)c2ccc(F)c(Cl)c2)cc1. The first-order valence-corrected chi connectivity index (χ1v) is 7.79. The van der Waals surface area contributed by atoms with Crippen molar-refractivity contribution in [1.29, 1.82) is 0 Å². The molecule has 0 atom stereocenters. The molecule has 0 fully saturated rings. The van der Waals surface area contributed by atoms with E-state index in [9.17, 15) is 18.8 Å². The van der Waals surface area contributed by atoms with Gasteiger partial charge < -0.3 is 10.2 Å². The molecule has 0 aliphatic heterocycles. The molecule has 7 heteroatoms. The topological polar surface area (TPSA) is 66.5 Å². The van der Waals surface area contributed by atoms with E-state index in [1.165, 1.54) is 30.9 Å². The summed E-state index contributed by atoms with van der Waals surface area (Å²) in [7, 11) is 0. The summed E-state index contributed by atoms with van der Waals surface area (Å²) in [5, 5.41) is 2.50. The van der Waals surface area contributed by atoms with Gasteiger partial charge in [0.15, 0.2) is 5.78 Å². The van der Waals surface area contributed by atoms with Crippen LogP contribution in [0.5, 0.6) is 0 Å². The van der Waals surface area contributed by atoms with Gasteiger partial charge in [-0.25, -0.2) is 4.39 Å². The van der Waals surface area contributed by atoms with Gasteiger partial charge in [-0.3, -0.25) is 14.4 Å². The largest absolute Gasteiger partial charge is 0.325 e. The molecule has 0 radical (unpaired) electrons. The summed E-state index contributed by atoms with van der Waals surface area (Å²) in [6, 6.07) is 10.2. The Hall–Kier alpha value is -2.73. The molecular weight excluding hydrogens is 347 g/mol. The van der Waals surface area contributed by atoms with Crippen LogP contribution in [-0.2, 0) is 9.59 Å². The number of hydrogen-bond donors (Lipinski definition) is 1. The molecule has 25 heavy (non-hydrogen) atoms. The summed E-state index contributed by atoms with van der Waals surface area (Å²) in [4.78, 5) is 36.4. The number of ketones is 1. The highest BCUT2D eigenvalue weighted by Crippen LogP contribution is 2.23. The van der Waals surface area contributed by atoms with Crippen LogP contribution in [0.4, 0.5) is 15.8 Å². The van der Waals surface area contributed by atoms with Crippen molar-refractivity contribution in [3.63, 3.8) is 0 Å². The van der Waals surface area contributed by atoms with E-state index >= 15 is 0 Å². The summed E-state index contributed by atoms with van der Waals surface area (Å²) >= 11 is 5.73. The molecule has 2 amide bonds. The molecule has 0 aliphatic carbocycles. The van der Waals surface area contributed by atoms with Gasteiger partial charge in [0, 0.05) is 23.9 Å². The first kappa shape index (κ1) is 18.6. The number of anilines is 2. The van der Waals surface area contributed by atoms with Gasteiger partial charge in [-0.2, -0.15) is 0 Å². The highest BCUT2D eigenvalue weighted by Gasteiger charge is 2.17. The first-order chi connectivity index (χ1) is 11.8. The standard InChI is InChI=1S/C18H16ClFN2O3/c1-11(23)13-3-5-14(6-4-13)21-18(25)10-22(12(2)24)15-7-8-17(20)16(19)9-15/h3-9H,10H2,1-2H3,(H,21,25). The van der Waals surface area contributed by atoms with Gasteiger partial charge in [0.05, 0.1) is 5.02 Å². The van der Waals surface area contributed by atoms with Gasteiger partial charge in [-0.15, -0.1) is 0 Å². The Morgan fingerprint density at radius 1 is 1.08 bits per heavy atom. The number of rotatable bonds is 5. The number of carbonyl (C=O) groups is 3. The number of amides is 2. The van der Waals surface area contributed by atoms with E-state index in [1.54, 1.807) is 24.3 Å². The molecular formula is C18H16ClFN2O3. The number of nitrogens with zero attached hydrogens (tertiary/aromatic N) is 1. The van der Waals surface area contributed by atoms with Crippen molar-refractivity contribution in [2.24, 2.45) is 0 Å². The third-order valence-corrected chi connectivity index (χ3v) is 3.76. The van der Waals surface area contributed by atoms with E-state index in [-0.39, 0.29) is 23.3 Å². The molecule has 0 heterocycles. The van der Waals surface area contributed by atoms with Gasteiger partial charge in [0.25, 0.3) is 0 Å². The van der Waals surface area contributed by atoms with Crippen LogP contribution in [-0.4, -0.2) is 24.1 Å². The molecule has 1 N–H and O–H groups in total. The number of Topliss-reactive ketones (excluding diaryl/α,β-unsaturated/α-hetero) is 1. The Bertz CT molecular complexity index is 822. The maximum absolute atomic E-state index is 13.3. The van der Waals surface area contributed by atoms with E-state index in [1.807, 2.05) is 0 Å². The molecule has 0 spiro atoms. The van der Waals surface area contributed by atoms with Crippen molar-refractivity contribution in [2.45, 2.75) is 13.8 Å². The lowest BCUT2D eigenvalue weighted by Gasteiger charge is -2.21. The summed E-state index contributed by atoms with van der Waals surface area (Å²) < 4.78 is 13.3. The van der Waals surface area contributed by atoms with E-state index < -0.39 is 11.7 Å². The molecule has 130 valence electrons. The van der Waals surface area contributed by atoms with E-state index in [2.05, 4.69) is 5.32 Å². The molecule has 0 saturated heterocycles. The van der Waals surface area contributed by atoms with Crippen LogP contribution in [0.15, 0.2) is 42.5 Å². The maximum Gasteiger partial charge on any atom is 0.244 e. The number of nitrogens with one attached hydrogen (secondary N) is 1. The van der Waals surface area contributed by atoms with Gasteiger partial charge in [-0.1, -0.05) is 11.6 Å². The van der Waals surface area contributed by atoms with Crippen molar-refractivity contribution < 1.29 is 18.8 Å². The minimum Gasteiger partial charge on any atom is -0.325 e. The van der Waals surface area contributed by atoms with Crippen molar-refractivity contribution in [3.05, 3.63) is 58.9 Å². The summed E-state index contributed by atoms with van der Waals surface area (Å²) in [5.41, 5.74) is 1.35. The zero-order valence-corrected chi connectivity index (χ0v) is 14.4. The number of halogens is 2. The molecule has 2 aromatic rings. The highest BCUT2D eigenvalue weighted by atomic mass is 35.5. The lowest BCUT2D eigenvalue weighted by atomic mass is 10.1. The zero-order chi connectivity index (χ0) is 18.6. The van der Waals surface area contributed by atoms with Crippen LogP contribution < -0.4 is 10.2 Å². The Morgan fingerprint density at radius 2 is 1.72 bits per heavy atom. The van der Waals surface area contributed by atoms with E-state index in [4.69, 9.17) is 11.6 Å². The third kappa shape index (κ3) is 4.87. The van der Waals surface area contributed by atoms with Crippen LogP contribution in [0.1, 0.15) is 24.2 Å². The molecule has 0 aromatic heterocycles. The third-order valence-electron chi connectivity index (χ3n) is 3.47. The normalized spacial score (nSPS) is 10.2. The quantitative estimate of drug-likeness (QED) is 0.825. The maximum atomic E-state index is 13.3. The monoisotopic (exact) mass is 362 g/mol. The second-order valence-electron chi connectivity index (χ2n) is 5.39. The number of carbonyl (C=O) groups excluding carboxylic acids is 3. The van der Waals surface area contributed by atoms with Gasteiger partial charge in [-0.05, 0) is 49.4 Å². The molecule has 2 aromatic carbocycles. The fraction of sp³-hybridized carbons (Fsp3) is 0.167. The van der Waals surface area contributed by atoms with Crippen LogP contribution in [0, 0.1) is 5.82 Å². The Kier molecular flexibility index (Phi) is 5.88. The van der Waals surface area contributed by atoms with Crippen LogP contribution in [0.3, 0.4) is 0 Å². The number of hydrogen-bond acceptors (Lipinski definition) is 3. The van der Waals surface area contributed by atoms with Gasteiger partial charge in [0.1, 0.15) is 12.4 Å². The Labute approximate surface area is 149 Å². The predicted octanol–water partition coefficient (Wildman–Crippen LogP) is 3.67. The lowest BCUT2D eigenvalue weighted by Crippen LogP contribution is -2.36. The second kappa shape index (κ2) is 7.90. The average Bonchev–Trinajstić information content (AvgIpc) is 2.55. The molecule has 5 nitrogen and oxygen atoms in total. The van der Waals surface area contributed by atoms with E-state index in [0.717, 1.165) is 6.07 Å². The van der Waals surface area contributed by atoms with Crippen molar-refractivity contribution in [2.75, 3.05) is 16.8 Å². The smallest absolute Gasteiger partial charge is 0.244 e. The zero-order valence-electron chi connectivity index (χ0n) is 13.7. The van der Waals surface area contributed by atoms with Gasteiger partial charge in [0.2, 0.25) is 11.8 Å². The summed E-state index contributed by atoms with van der Waals surface area (Å²) in [5.74, 6) is -1.51. The van der Waals surface area contributed by atoms with Crippen LogP contribution in [0.2, 0.25) is 5.02 Å². The second-order valence-corrected chi connectivity index (χ2v) is 5.79. The lowest BCUT2D eigenvalue weighted by molar-refractivity contribution is -0.120. The van der Waals surface area contributed by atoms with Crippen LogP contribution in [0.25, 0.3) is 0 Å². The Morgan fingerprint density at radius 3 is 2.24 bits per heavy atom. The molecule has 0 bridgehead atoms. The molecule has 0 unspecified atom stereocenters. The summed E-state index contributed by atoms with van der Waals surface area (Å²) in [6.07, 6.45) is 0. The fourth-order valence-electron chi connectivity index (χ4n) is 2.17. The molecule has 0 aliphatic rings. The fourth-order valence-corrected chi connectivity index (χ4v) is 2.34. The number of benzene rings is 2. The van der Waals surface area contributed by atoms with Crippen LogP contribution >= 0.6 is 11.6 Å². The van der Waals surface area contributed by atoms with Crippen molar-refractivity contribution in [3.8, 4) is 0 Å². The Balaban J connectivity index is 2.11.